The lowest BCUT2D eigenvalue weighted by atomic mass is 10.1. The number of rotatable bonds is 7. The summed E-state index contributed by atoms with van der Waals surface area (Å²) in [6.07, 6.45) is 0. The van der Waals surface area contributed by atoms with Gasteiger partial charge in [0.25, 0.3) is 0 Å². The molecule has 4 aromatic rings. The maximum absolute atomic E-state index is 13.4. The van der Waals surface area contributed by atoms with Gasteiger partial charge in [-0.05, 0) is 61.0 Å². The van der Waals surface area contributed by atoms with Crippen LogP contribution in [0.3, 0.4) is 0 Å². The van der Waals surface area contributed by atoms with Crippen LogP contribution >= 0.6 is 0 Å². The number of carbonyl (C=O) groups is 1. The van der Waals surface area contributed by atoms with Crippen molar-refractivity contribution >= 4 is 16.9 Å². The fourth-order valence-electron chi connectivity index (χ4n) is 3.66. The van der Waals surface area contributed by atoms with Gasteiger partial charge in [-0.1, -0.05) is 6.07 Å². The number of carbonyl (C=O) groups excluding carboxylic acids is 1. The van der Waals surface area contributed by atoms with E-state index in [2.05, 4.69) is 0 Å². The number of hydrogen-bond donors (Lipinski definition) is 0. The summed E-state index contributed by atoms with van der Waals surface area (Å²) in [7, 11) is 5.89. The maximum Gasteiger partial charge on any atom is 0.344 e. The first kappa shape index (κ1) is 23.7. The van der Waals surface area contributed by atoms with Crippen molar-refractivity contribution in [2.75, 3.05) is 28.4 Å². The normalized spacial score (nSPS) is 10.7. The van der Waals surface area contributed by atoms with E-state index in [-0.39, 0.29) is 28.6 Å². The minimum atomic E-state index is -0.794. The highest BCUT2D eigenvalue weighted by Crippen LogP contribution is 2.39. The predicted octanol–water partition coefficient (Wildman–Crippen LogP) is 5.02. The zero-order valence-corrected chi connectivity index (χ0v) is 20.0. The molecule has 0 spiro atoms. The molecule has 4 rings (SSSR count). The summed E-state index contributed by atoms with van der Waals surface area (Å²) in [4.78, 5) is 26.6. The van der Waals surface area contributed by atoms with Gasteiger partial charge in [0.1, 0.15) is 11.3 Å². The molecule has 0 aliphatic heterocycles. The predicted molar refractivity (Wildman–Crippen MR) is 130 cm³/mol. The summed E-state index contributed by atoms with van der Waals surface area (Å²) < 4.78 is 32.9. The maximum atomic E-state index is 13.4. The molecular formula is C27H24O8. The largest absolute Gasteiger partial charge is 0.497 e. The Balaban J connectivity index is 1.86. The number of hydrogen-bond acceptors (Lipinski definition) is 8. The van der Waals surface area contributed by atoms with Gasteiger partial charge in [-0.3, -0.25) is 4.79 Å². The van der Waals surface area contributed by atoms with Gasteiger partial charge in [-0.2, -0.15) is 0 Å². The zero-order valence-electron chi connectivity index (χ0n) is 20.0. The molecular weight excluding hydrogens is 452 g/mol. The lowest BCUT2D eigenvalue weighted by Gasteiger charge is -2.14. The van der Waals surface area contributed by atoms with Crippen LogP contribution in [-0.2, 0) is 0 Å². The molecule has 180 valence electrons. The van der Waals surface area contributed by atoms with Crippen molar-refractivity contribution in [3.8, 4) is 40.1 Å². The van der Waals surface area contributed by atoms with Crippen LogP contribution in [-0.4, -0.2) is 34.4 Å². The molecule has 0 radical (unpaired) electrons. The molecule has 35 heavy (non-hydrogen) atoms. The lowest BCUT2D eigenvalue weighted by molar-refractivity contribution is 0.0730. The van der Waals surface area contributed by atoms with Crippen LogP contribution in [0, 0.1) is 6.92 Å². The van der Waals surface area contributed by atoms with Gasteiger partial charge < -0.3 is 28.1 Å². The molecule has 1 heterocycles. The second-order valence-electron chi connectivity index (χ2n) is 7.62. The Morgan fingerprint density at radius 3 is 2.00 bits per heavy atom. The summed E-state index contributed by atoms with van der Waals surface area (Å²) in [5.41, 5.74) is 1.47. The Hall–Kier alpha value is -4.46. The third kappa shape index (κ3) is 4.50. The van der Waals surface area contributed by atoms with Crippen molar-refractivity contribution in [3.05, 3.63) is 75.9 Å². The van der Waals surface area contributed by atoms with E-state index >= 15 is 0 Å². The molecule has 0 fully saturated rings. The highest BCUT2D eigenvalue weighted by atomic mass is 16.5. The van der Waals surface area contributed by atoms with Crippen molar-refractivity contribution in [2.45, 2.75) is 6.92 Å². The SMILES string of the molecule is COc1ccc(-c2oc3cc(C)ccc3c(=O)c2OC(=O)c2cc(OC)c(OC)c(OC)c2)cc1. The average molecular weight is 476 g/mol. The van der Waals surface area contributed by atoms with Crippen molar-refractivity contribution < 1.29 is 32.9 Å². The van der Waals surface area contributed by atoms with E-state index in [1.807, 2.05) is 6.92 Å². The molecule has 0 aliphatic carbocycles. The molecule has 0 unspecified atom stereocenters. The van der Waals surface area contributed by atoms with E-state index in [0.29, 0.717) is 28.0 Å². The molecule has 8 nitrogen and oxygen atoms in total. The van der Waals surface area contributed by atoms with E-state index < -0.39 is 11.4 Å². The Morgan fingerprint density at radius 1 is 0.771 bits per heavy atom. The second-order valence-corrected chi connectivity index (χ2v) is 7.62. The zero-order chi connectivity index (χ0) is 25.1. The topological polar surface area (TPSA) is 93.4 Å². The Labute approximate surface area is 201 Å². The first-order valence-corrected chi connectivity index (χ1v) is 10.6. The summed E-state index contributed by atoms with van der Waals surface area (Å²) in [6, 6.07) is 15.0. The average Bonchev–Trinajstić information content (AvgIpc) is 2.88. The lowest BCUT2D eigenvalue weighted by Crippen LogP contribution is -2.16. The van der Waals surface area contributed by atoms with Gasteiger partial charge >= 0.3 is 5.97 Å². The molecule has 0 amide bonds. The summed E-state index contributed by atoms with van der Waals surface area (Å²) in [6.45, 7) is 1.89. The van der Waals surface area contributed by atoms with Gasteiger partial charge in [0.15, 0.2) is 17.3 Å². The summed E-state index contributed by atoms with van der Waals surface area (Å²) >= 11 is 0. The molecule has 1 aromatic heterocycles. The van der Waals surface area contributed by atoms with Crippen LogP contribution < -0.4 is 29.1 Å². The molecule has 8 heteroatoms. The minimum Gasteiger partial charge on any atom is -0.497 e. The molecule has 0 saturated carbocycles. The van der Waals surface area contributed by atoms with E-state index in [1.165, 1.54) is 33.5 Å². The molecule has 0 aliphatic rings. The van der Waals surface area contributed by atoms with Crippen molar-refractivity contribution in [1.29, 1.82) is 0 Å². The number of benzene rings is 3. The second kappa shape index (κ2) is 9.80. The summed E-state index contributed by atoms with van der Waals surface area (Å²) in [5, 5.41) is 0.292. The van der Waals surface area contributed by atoms with Crippen molar-refractivity contribution in [1.82, 2.24) is 0 Å². The summed E-state index contributed by atoms with van der Waals surface area (Å²) in [5.74, 6) is 0.597. The van der Waals surface area contributed by atoms with Crippen LogP contribution in [0.4, 0.5) is 0 Å². The third-order valence-electron chi connectivity index (χ3n) is 5.45. The monoisotopic (exact) mass is 476 g/mol. The highest BCUT2D eigenvalue weighted by Gasteiger charge is 2.24. The number of ether oxygens (including phenoxy) is 5. The van der Waals surface area contributed by atoms with Crippen LogP contribution in [0.5, 0.6) is 28.7 Å². The van der Waals surface area contributed by atoms with Crippen molar-refractivity contribution in [3.63, 3.8) is 0 Å². The first-order valence-electron chi connectivity index (χ1n) is 10.6. The minimum absolute atomic E-state index is 0.101. The Kier molecular flexibility index (Phi) is 6.64. The standard InChI is InChI=1S/C27H24O8/c1-15-6-11-19-20(12-15)34-24(16-7-9-18(30-2)10-8-16)26(23(19)28)35-27(29)17-13-21(31-3)25(33-5)22(14-17)32-4/h6-14H,1-5H3. The molecule has 0 N–H and O–H groups in total. The third-order valence-corrected chi connectivity index (χ3v) is 5.45. The van der Waals surface area contributed by atoms with Crippen LogP contribution in [0.25, 0.3) is 22.3 Å². The number of esters is 1. The number of fused-ring (bicyclic) bond motifs is 1. The molecule has 0 bridgehead atoms. The van der Waals surface area contributed by atoms with E-state index in [9.17, 15) is 9.59 Å². The van der Waals surface area contributed by atoms with Gasteiger partial charge in [-0.25, -0.2) is 4.79 Å². The van der Waals surface area contributed by atoms with E-state index in [1.54, 1.807) is 49.6 Å². The van der Waals surface area contributed by atoms with Crippen molar-refractivity contribution in [2.24, 2.45) is 0 Å². The molecule has 0 saturated heterocycles. The molecule has 3 aromatic carbocycles. The fourth-order valence-corrected chi connectivity index (χ4v) is 3.66. The fraction of sp³-hybridized carbons (Fsp3) is 0.185. The van der Waals surface area contributed by atoms with E-state index in [0.717, 1.165) is 5.56 Å². The number of methoxy groups -OCH3 is 4. The first-order chi connectivity index (χ1) is 16.9. The number of aryl methyl sites for hydroxylation is 1. The van der Waals surface area contributed by atoms with Crippen LogP contribution in [0.1, 0.15) is 15.9 Å². The quantitative estimate of drug-likeness (QED) is 0.343. The van der Waals surface area contributed by atoms with Gasteiger partial charge in [0.2, 0.25) is 16.9 Å². The van der Waals surface area contributed by atoms with Gasteiger partial charge in [-0.15, -0.1) is 0 Å². The Morgan fingerprint density at radius 2 is 1.43 bits per heavy atom. The van der Waals surface area contributed by atoms with Gasteiger partial charge in [0.05, 0.1) is 39.4 Å². The van der Waals surface area contributed by atoms with E-state index in [4.69, 9.17) is 28.1 Å². The Bertz CT molecular complexity index is 1430. The highest BCUT2D eigenvalue weighted by molar-refractivity contribution is 5.94. The smallest absolute Gasteiger partial charge is 0.344 e. The van der Waals surface area contributed by atoms with Crippen LogP contribution in [0.15, 0.2) is 63.8 Å². The van der Waals surface area contributed by atoms with Gasteiger partial charge in [0, 0.05) is 5.56 Å². The van der Waals surface area contributed by atoms with Crippen LogP contribution in [0.2, 0.25) is 0 Å². The molecule has 0 atom stereocenters.